The summed E-state index contributed by atoms with van der Waals surface area (Å²) in [5.74, 6) is 0.343. The lowest BCUT2D eigenvalue weighted by Gasteiger charge is -2.23. The van der Waals surface area contributed by atoms with Crippen LogP contribution in [0.1, 0.15) is 27.8 Å². The Hall–Kier alpha value is -2.97. The quantitative estimate of drug-likeness (QED) is 0.572. The molecule has 0 bridgehead atoms. The monoisotopic (exact) mass is 460 g/mol. The van der Waals surface area contributed by atoms with Gasteiger partial charge in [-0.2, -0.15) is 13.2 Å². The maximum absolute atomic E-state index is 13.2. The van der Waals surface area contributed by atoms with Crippen molar-refractivity contribution in [3.05, 3.63) is 81.5 Å². The molecule has 4 rings (SSSR count). The fourth-order valence-electron chi connectivity index (χ4n) is 3.61. The summed E-state index contributed by atoms with van der Waals surface area (Å²) in [7, 11) is 0. The molecule has 2 heterocycles. The van der Waals surface area contributed by atoms with Gasteiger partial charge in [0.2, 0.25) is 0 Å². The number of alkyl halides is 3. The van der Waals surface area contributed by atoms with Crippen LogP contribution >= 0.6 is 11.6 Å². The molecule has 1 aliphatic rings. The van der Waals surface area contributed by atoms with Gasteiger partial charge in [-0.25, -0.2) is 5.48 Å². The SMILES string of the molecule is Cc1ccc(CC2CONC(c3cc(Cl)nnc3-c3cccc(C(F)(F)F)c3)=N2)c(C)c1. The molecular weight excluding hydrogens is 441 g/mol. The molecule has 0 radical (unpaired) electrons. The highest BCUT2D eigenvalue weighted by Crippen LogP contribution is 2.33. The lowest BCUT2D eigenvalue weighted by molar-refractivity contribution is -0.137. The minimum Gasteiger partial charge on any atom is -0.272 e. The first-order chi connectivity index (χ1) is 15.2. The van der Waals surface area contributed by atoms with E-state index in [0.29, 0.717) is 24.4 Å². The molecule has 0 saturated heterocycles. The summed E-state index contributed by atoms with van der Waals surface area (Å²) in [6, 6.07) is 12.5. The van der Waals surface area contributed by atoms with E-state index in [9.17, 15) is 13.2 Å². The summed E-state index contributed by atoms with van der Waals surface area (Å²) in [4.78, 5) is 10.3. The molecule has 1 aliphatic heterocycles. The Morgan fingerprint density at radius 1 is 1.09 bits per heavy atom. The molecule has 3 aromatic rings. The van der Waals surface area contributed by atoms with Crippen molar-refractivity contribution in [1.82, 2.24) is 15.7 Å². The molecular formula is C23H20ClF3N4O. The Morgan fingerprint density at radius 3 is 2.66 bits per heavy atom. The van der Waals surface area contributed by atoms with Crippen molar-refractivity contribution in [2.75, 3.05) is 6.61 Å². The average molecular weight is 461 g/mol. The Morgan fingerprint density at radius 2 is 1.91 bits per heavy atom. The van der Waals surface area contributed by atoms with Crippen molar-refractivity contribution in [3.63, 3.8) is 0 Å². The van der Waals surface area contributed by atoms with Gasteiger partial charge < -0.3 is 0 Å². The number of amidine groups is 1. The first-order valence-corrected chi connectivity index (χ1v) is 10.3. The van der Waals surface area contributed by atoms with Crippen LogP contribution in [-0.2, 0) is 17.4 Å². The van der Waals surface area contributed by atoms with Crippen molar-refractivity contribution in [2.24, 2.45) is 4.99 Å². The second-order valence-corrected chi connectivity index (χ2v) is 8.07. The zero-order chi connectivity index (χ0) is 22.9. The number of aliphatic imine (C=N–C) groups is 1. The fraction of sp³-hybridized carbons (Fsp3) is 0.261. The molecule has 0 fully saturated rings. The molecule has 1 N–H and O–H groups in total. The molecule has 1 atom stereocenters. The van der Waals surface area contributed by atoms with Crippen LogP contribution < -0.4 is 5.48 Å². The highest BCUT2D eigenvalue weighted by molar-refractivity contribution is 6.29. The number of aromatic nitrogens is 2. The molecule has 166 valence electrons. The van der Waals surface area contributed by atoms with Crippen LogP contribution in [0.3, 0.4) is 0 Å². The van der Waals surface area contributed by atoms with E-state index in [1.54, 1.807) is 0 Å². The third kappa shape index (κ3) is 4.92. The molecule has 32 heavy (non-hydrogen) atoms. The van der Waals surface area contributed by atoms with Gasteiger partial charge in [-0.15, -0.1) is 10.2 Å². The van der Waals surface area contributed by atoms with E-state index in [1.165, 1.54) is 29.3 Å². The van der Waals surface area contributed by atoms with Crippen molar-refractivity contribution in [3.8, 4) is 11.3 Å². The molecule has 0 spiro atoms. The minimum atomic E-state index is -4.48. The molecule has 0 amide bonds. The molecule has 2 aromatic carbocycles. The summed E-state index contributed by atoms with van der Waals surface area (Å²) < 4.78 is 39.6. The highest BCUT2D eigenvalue weighted by Gasteiger charge is 2.31. The number of aryl methyl sites for hydroxylation is 2. The van der Waals surface area contributed by atoms with Crippen LogP contribution in [0.4, 0.5) is 13.2 Å². The van der Waals surface area contributed by atoms with Crippen LogP contribution in [0.15, 0.2) is 53.5 Å². The fourth-order valence-corrected chi connectivity index (χ4v) is 3.76. The van der Waals surface area contributed by atoms with Gasteiger partial charge >= 0.3 is 6.18 Å². The van der Waals surface area contributed by atoms with Gasteiger partial charge in [0.05, 0.1) is 18.2 Å². The predicted octanol–water partition coefficient (Wildman–Crippen LogP) is 5.33. The van der Waals surface area contributed by atoms with Crippen molar-refractivity contribution in [1.29, 1.82) is 0 Å². The molecule has 1 aromatic heterocycles. The van der Waals surface area contributed by atoms with E-state index in [2.05, 4.69) is 27.8 Å². The van der Waals surface area contributed by atoms with Gasteiger partial charge in [-0.1, -0.05) is 47.5 Å². The summed E-state index contributed by atoms with van der Waals surface area (Å²) in [5, 5.41) is 7.97. The van der Waals surface area contributed by atoms with Gasteiger partial charge in [0.15, 0.2) is 11.0 Å². The number of nitrogens with one attached hydrogen (secondary N) is 1. The van der Waals surface area contributed by atoms with E-state index in [4.69, 9.17) is 21.4 Å². The van der Waals surface area contributed by atoms with E-state index >= 15 is 0 Å². The van der Waals surface area contributed by atoms with E-state index in [1.807, 2.05) is 19.9 Å². The van der Waals surface area contributed by atoms with Gasteiger partial charge in [-0.05, 0) is 49.6 Å². The van der Waals surface area contributed by atoms with Crippen molar-refractivity contribution < 1.29 is 18.0 Å². The van der Waals surface area contributed by atoms with E-state index < -0.39 is 11.7 Å². The summed E-state index contributed by atoms with van der Waals surface area (Å²) in [6.45, 7) is 4.44. The molecule has 1 unspecified atom stereocenters. The number of rotatable bonds is 4. The Labute approximate surface area is 188 Å². The molecule has 0 saturated carbocycles. The third-order valence-corrected chi connectivity index (χ3v) is 5.38. The molecule has 0 aliphatic carbocycles. The largest absolute Gasteiger partial charge is 0.416 e. The highest BCUT2D eigenvalue weighted by atomic mass is 35.5. The maximum atomic E-state index is 13.2. The van der Waals surface area contributed by atoms with Gasteiger partial charge in [-0.3, -0.25) is 9.83 Å². The number of nitrogens with zero attached hydrogens (tertiary/aromatic N) is 3. The summed E-state index contributed by atoms with van der Waals surface area (Å²) in [6.07, 6.45) is -3.82. The standard InChI is InChI=1S/C23H20ClF3N4O/c1-13-6-7-15(14(2)8-13)10-18-12-32-31-22(28-18)19-11-20(24)29-30-21(19)16-4-3-5-17(9-16)23(25,26)27/h3-9,11,18H,10,12H2,1-2H3,(H,28,31). The van der Waals surface area contributed by atoms with E-state index in [0.717, 1.165) is 17.7 Å². The van der Waals surface area contributed by atoms with Gasteiger partial charge in [0.1, 0.15) is 5.69 Å². The lowest BCUT2D eigenvalue weighted by atomic mass is 9.99. The van der Waals surface area contributed by atoms with Gasteiger partial charge in [0, 0.05) is 11.1 Å². The van der Waals surface area contributed by atoms with E-state index in [-0.39, 0.29) is 22.5 Å². The van der Waals surface area contributed by atoms with Crippen LogP contribution in [-0.4, -0.2) is 28.7 Å². The number of hydrogen-bond donors (Lipinski definition) is 1. The lowest BCUT2D eigenvalue weighted by Crippen LogP contribution is -2.37. The first-order valence-electron chi connectivity index (χ1n) is 9.93. The normalized spacial score (nSPS) is 16.4. The maximum Gasteiger partial charge on any atom is 0.416 e. The summed E-state index contributed by atoms with van der Waals surface area (Å²) in [5.41, 5.74) is 6.36. The zero-order valence-corrected chi connectivity index (χ0v) is 18.1. The molecule has 5 nitrogen and oxygen atoms in total. The van der Waals surface area contributed by atoms with Crippen LogP contribution in [0.2, 0.25) is 5.15 Å². The second-order valence-electron chi connectivity index (χ2n) is 7.69. The van der Waals surface area contributed by atoms with Crippen molar-refractivity contribution >= 4 is 17.4 Å². The number of halogens is 4. The Kier molecular flexibility index (Phi) is 6.17. The average Bonchev–Trinajstić information content (AvgIpc) is 2.75. The second kappa shape index (κ2) is 8.88. The number of hydrogen-bond acceptors (Lipinski definition) is 5. The predicted molar refractivity (Wildman–Crippen MR) is 117 cm³/mol. The van der Waals surface area contributed by atoms with Crippen LogP contribution in [0, 0.1) is 13.8 Å². The smallest absolute Gasteiger partial charge is 0.272 e. The number of benzene rings is 2. The van der Waals surface area contributed by atoms with Gasteiger partial charge in [0.25, 0.3) is 0 Å². The Balaban J connectivity index is 1.71. The van der Waals surface area contributed by atoms with Crippen LogP contribution in [0.25, 0.3) is 11.3 Å². The molecule has 9 heteroatoms. The minimum absolute atomic E-state index is 0.0942. The topological polar surface area (TPSA) is 59.4 Å². The Bertz CT molecular complexity index is 1180. The van der Waals surface area contributed by atoms with Crippen molar-refractivity contribution in [2.45, 2.75) is 32.5 Å². The van der Waals surface area contributed by atoms with Crippen LogP contribution in [0.5, 0.6) is 0 Å². The number of hydroxylamine groups is 1. The summed E-state index contributed by atoms with van der Waals surface area (Å²) >= 11 is 6.05. The first kappa shape index (κ1) is 22.2. The third-order valence-electron chi connectivity index (χ3n) is 5.19. The zero-order valence-electron chi connectivity index (χ0n) is 17.4.